The Morgan fingerprint density at radius 3 is 2.08 bits per heavy atom. The van der Waals surface area contributed by atoms with Crippen LogP contribution in [0, 0.1) is 13.8 Å². The molecule has 0 fully saturated rings. The number of aryl methyl sites for hydroxylation is 2. The maximum absolute atomic E-state index is 11.9. The molecule has 0 spiro atoms. The van der Waals surface area contributed by atoms with Crippen LogP contribution in [0.1, 0.15) is 11.1 Å². The molecular weight excluding hydrogens is 312 g/mol. The highest BCUT2D eigenvalue weighted by Gasteiger charge is 2.07. The Morgan fingerprint density at radius 1 is 0.760 bits per heavy atom. The van der Waals surface area contributed by atoms with Crippen molar-refractivity contribution in [3.05, 3.63) is 83.9 Å². The first kappa shape index (κ1) is 16.8. The van der Waals surface area contributed by atoms with Crippen LogP contribution in [0.15, 0.2) is 72.8 Å². The highest BCUT2D eigenvalue weighted by Crippen LogP contribution is 2.22. The van der Waals surface area contributed by atoms with Gasteiger partial charge < -0.3 is 9.47 Å². The van der Waals surface area contributed by atoms with E-state index in [2.05, 4.69) is 0 Å². The molecule has 126 valence electrons. The lowest BCUT2D eigenvalue weighted by atomic mass is 10.1. The molecule has 0 unspecified atom stereocenters. The van der Waals surface area contributed by atoms with Gasteiger partial charge in [0.25, 0.3) is 0 Å². The van der Waals surface area contributed by atoms with Gasteiger partial charge in [-0.25, -0.2) is 4.79 Å². The summed E-state index contributed by atoms with van der Waals surface area (Å²) in [6, 6.07) is 23.2. The van der Waals surface area contributed by atoms with Gasteiger partial charge in [0, 0.05) is 0 Å². The number of hydrogen-bond donors (Lipinski definition) is 0. The summed E-state index contributed by atoms with van der Waals surface area (Å²) < 4.78 is 10.8. The summed E-state index contributed by atoms with van der Waals surface area (Å²) in [4.78, 5) is 11.9. The lowest BCUT2D eigenvalue weighted by molar-refractivity contribution is -0.136. The van der Waals surface area contributed by atoms with Crippen LogP contribution in [0.4, 0.5) is 0 Å². The molecule has 0 aliphatic heterocycles. The van der Waals surface area contributed by atoms with Crippen molar-refractivity contribution in [3.63, 3.8) is 0 Å². The van der Waals surface area contributed by atoms with Crippen LogP contribution in [0.3, 0.4) is 0 Å². The molecule has 0 amide bonds. The number of carbonyl (C=O) groups is 1. The minimum Gasteiger partial charge on any atom is -0.482 e. The number of esters is 1. The first-order valence-corrected chi connectivity index (χ1v) is 8.18. The van der Waals surface area contributed by atoms with Gasteiger partial charge in [-0.05, 0) is 60.4 Å². The van der Waals surface area contributed by atoms with Gasteiger partial charge in [0.1, 0.15) is 11.5 Å². The van der Waals surface area contributed by atoms with Crippen LogP contribution in [-0.4, -0.2) is 12.6 Å². The summed E-state index contributed by atoms with van der Waals surface area (Å²) in [5.74, 6) is 0.749. The lowest BCUT2D eigenvalue weighted by Gasteiger charge is -2.09. The summed E-state index contributed by atoms with van der Waals surface area (Å²) in [6.07, 6.45) is 0. The van der Waals surface area contributed by atoms with E-state index in [9.17, 15) is 4.79 Å². The Kier molecular flexibility index (Phi) is 5.14. The molecule has 0 atom stereocenters. The van der Waals surface area contributed by atoms with Crippen molar-refractivity contribution in [2.45, 2.75) is 13.8 Å². The topological polar surface area (TPSA) is 35.5 Å². The maximum atomic E-state index is 11.9. The Labute approximate surface area is 147 Å². The van der Waals surface area contributed by atoms with E-state index in [-0.39, 0.29) is 6.61 Å². The van der Waals surface area contributed by atoms with E-state index in [0.717, 1.165) is 16.7 Å². The molecule has 3 heteroatoms. The highest BCUT2D eigenvalue weighted by molar-refractivity contribution is 5.74. The van der Waals surface area contributed by atoms with Gasteiger partial charge >= 0.3 is 5.97 Å². The summed E-state index contributed by atoms with van der Waals surface area (Å²) >= 11 is 0. The lowest BCUT2D eigenvalue weighted by Crippen LogP contribution is -2.17. The summed E-state index contributed by atoms with van der Waals surface area (Å²) in [6.45, 7) is 3.92. The van der Waals surface area contributed by atoms with Gasteiger partial charge in [-0.2, -0.15) is 0 Å². The zero-order valence-corrected chi connectivity index (χ0v) is 14.4. The van der Waals surface area contributed by atoms with Crippen LogP contribution in [0.25, 0.3) is 11.1 Å². The van der Waals surface area contributed by atoms with Crippen molar-refractivity contribution in [2.75, 3.05) is 6.61 Å². The predicted octanol–water partition coefficient (Wildman–Crippen LogP) is 4.95. The highest BCUT2D eigenvalue weighted by atomic mass is 16.6. The minimum absolute atomic E-state index is 0.122. The van der Waals surface area contributed by atoms with Crippen molar-refractivity contribution in [1.29, 1.82) is 0 Å². The molecule has 0 saturated carbocycles. The van der Waals surface area contributed by atoms with E-state index in [1.54, 1.807) is 12.1 Å². The van der Waals surface area contributed by atoms with E-state index in [1.165, 1.54) is 5.56 Å². The first-order valence-electron chi connectivity index (χ1n) is 8.18. The molecule has 3 nitrogen and oxygen atoms in total. The van der Waals surface area contributed by atoms with E-state index < -0.39 is 5.97 Å². The molecule has 0 N–H and O–H groups in total. The van der Waals surface area contributed by atoms with Crippen molar-refractivity contribution < 1.29 is 14.3 Å². The van der Waals surface area contributed by atoms with Gasteiger partial charge in [-0.1, -0.05) is 48.5 Å². The zero-order chi connectivity index (χ0) is 17.6. The molecule has 0 aliphatic carbocycles. The fourth-order valence-electron chi connectivity index (χ4n) is 2.45. The molecule has 25 heavy (non-hydrogen) atoms. The van der Waals surface area contributed by atoms with Crippen molar-refractivity contribution in [2.24, 2.45) is 0 Å². The van der Waals surface area contributed by atoms with Crippen LogP contribution in [0.5, 0.6) is 11.5 Å². The van der Waals surface area contributed by atoms with Gasteiger partial charge in [0.05, 0.1) is 0 Å². The summed E-state index contributed by atoms with van der Waals surface area (Å²) in [5.41, 5.74) is 4.51. The number of rotatable bonds is 5. The Balaban J connectivity index is 1.56. The molecule has 0 aliphatic rings. The normalized spacial score (nSPS) is 10.3. The van der Waals surface area contributed by atoms with Crippen LogP contribution in [-0.2, 0) is 4.79 Å². The number of carbonyl (C=O) groups excluding carboxylic acids is 1. The SMILES string of the molecule is Cc1ccc(OCC(=O)Oc2ccc(-c3ccccc3)cc2)cc1C. The quantitative estimate of drug-likeness (QED) is 0.489. The third-order valence-corrected chi connectivity index (χ3v) is 4.03. The van der Waals surface area contributed by atoms with Gasteiger partial charge in [0.15, 0.2) is 6.61 Å². The third-order valence-electron chi connectivity index (χ3n) is 4.03. The second kappa shape index (κ2) is 7.67. The fourth-order valence-corrected chi connectivity index (χ4v) is 2.45. The average molecular weight is 332 g/mol. The Hall–Kier alpha value is -3.07. The fraction of sp³-hybridized carbons (Fsp3) is 0.136. The molecule has 3 aromatic carbocycles. The van der Waals surface area contributed by atoms with E-state index in [4.69, 9.17) is 9.47 Å². The second-order valence-electron chi connectivity index (χ2n) is 5.90. The Bertz CT molecular complexity index is 852. The van der Waals surface area contributed by atoms with Crippen molar-refractivity contribution in [3.8, 4) is 22.6 Å². The summed E-state index contributed by atoms with van der Waals surface area (Å²) in [7, 11) is 0. The van der Waals surface area contributed by atoms with E-state index >= 15 is 0 Å². The van der Waals surface area contributed by atoms with Gasteiger partial charge in [-0.15, -0.1) is 0 Å². The molecular formula is C22H20O3. The van der Waals surface area contributed by atoms with Crippen LogP contribution < -0.4 is 9.47 Å². The molecule has 0 aromatic heterocycles. The summed E-state index contributed by atoms with van der Waals surface area (Å²) in [5, 5.41) is 0. The standard InChI is InChI=1S/C22H20O3/c1-16-8-11-21(14-17(16)2)24-15-22(23)25-20-12-9-19(10-13-20)18-6-4-3-5-7-18/h3-14H,15H2,1-2H3. The van der Waals surface area contributed by atoms with E-state index in [0.29, 0.717) is 11.5 Å². The number of ether oxygens (including phenoxy) is 2. The second-order valence-corrected chi connectivity index (χ2v) is 5.90. The number of hydrogen-bond acceptors (Lipinski definition) is 3. The predicted molar refractivity (Wildman–Crippen MR) is 98.9 cm³/mol. The maximum Gasteiger partial charge on any atom is 0.349 e. The van der Waals surface area contributed by atoms with Crippen LogP contribution >= 0.6 is 0 Å². The molecule has 3 rings (SSSR count). The molecule has 3 aromatic rings. The number of benzene rings is 3. The largest absolute Gasteiger partial charge is 0.482 e. The van der Waals surface area contributed by atoms with Crippen molar-refractivity contribution >= 4 is 5.97 Å². The third kappa shape index (κ3) is 4.48. The molecule has 0 saturated heterocycles. The minimum atomic E-state index is -0.425. The molecule has 0 heterocycles. The smallest absolute Gasteiger partial charge is 0.349 e. The first-order chi connectivity index (χ1) is 12.1. The van der Waals surface area contributed by atoms with E-state index in [1.807, 2.05) is 74.5 Å². The van der Waals surface area contributed by atoms with Gasteiger partial charge in [0.2, 0.25) is 0 Å². The molecule has 0 radical (unpaired) electrons. The Morgan fingerprint density at radius 2 is 1.40 bits per heavy atom. The monoisotopic (exact) mass is 332 g/mol. The van der Waals surface area contributed by atoms with Crippen LogP contribution in [0.2, 0.25) is 0 Å². The molecule has 0 bridgehead atoms. The zero-order valence-electron chi connectivity index (χ0n) is 14.4. The average Bonchev–Trinajstić information content (AvgIpc) is 2.64. The van der Waals surface area contributed by atoms with Crippen molar-refractivity contribution in [1.82, 2.24) is 0 Å². The van der Waals surface area contributed by atoms with Gasteiger partial charge in [-0.3, -0.25) is 0 Å².